The Bertz CT molecular complexity index is 1460. The summed E-state index contributed by atoms with van der Waals surface area (Å²) in [5.74, 6) is 0.226. The van der Waals surface area contributed by atoms with Crippen LogP contribution in [0.15, 0.2) is 83.1 Å². The molecule has 158 valence electrons. The van der Waals surface area contributed by atoms with Crippen LogP contribution in [-0.2, 0) is 6.54 Å². The zero-order valence-corrected chi connectivity index (χ0v) is 18.0. The number of aromatic nitrogens is 4. The molecule has 7 nitrogen and oxygen atoms in total. The number of carbonyl (C=O) groups is 1. The van der Waals surface area contributed by atoms with Crippen molar-refractivity contribution >= 4 is 28.1 Å². The number of hydrogen-bond donors (Lipinski definition) is 1. The van der Waals surface area contributed by atoms with Gasteiger partial charge in [-0.3, -0.25) is 9.59 Å². The van der Waals surface area contributed by atoms with E-state index in [0.29, 0.717) is 28.0 Å². The lowest BCUT2D eigenvalue weighted by atomic mass is 10.2. The first kappa shape index (κ1) is 19.9. The fourth-order valence-corrected chi connectivity index (χ4v) is 4.27. The van der Waals surface area contributed by atoms with Gasteiger partial charge in [0.15, 0.2) is 0 Å². The molecule has 3 heterocycles. The Labute approximate surface area is 187 Å². The third kappa shape index (κ3) is 3.72. The van der Waals surface area contributed by atoms with E-state index < -0.39 is 0 Å². The first-order valence-corrected chi connectivity index (χ1v) is 10.9. The van der Waals surface area contributed by atoms with Crippen molar-refractivity contribution in [3.63, 3.8) is 0 Å². The molecular weight excluding hydrogens is 422 g/mol. The summed E-state index contributed by atoms with van der Waals surface area (Å²) in [6.45, 7) is 0.166. The summed E-state index contributed by atoms with van der Waals surface area (Å²) in [6, 6.07) is 20.7. The maximum Gasteiger partial charge on any atom is 0.258 e. The molecule has 5 aromatic rings. The number of aromatic amines is 1. The predicted molar refractivity (Wildman–Crippen MR) is 125 cm³/mol. The normalized spacial score (nSPS) is 11.0. The minimum atomic E-state index is -0.220. The average Bonchev–Trinajstić information content (AvgIpc) is 3.49. The molecule has 1 N–H and O–H groups in total. The number of carbonyl (C=O) groups excluding carboxylic acids is 1. The molecule has 0 unspecified atom stereocenters. The Morgan fingerprint density at radius 3 is 2.62 bits per heavy atom. The second kappa shape index (κ2) is 8.24. The fraction of sp³-hybridized carbons (Fsp3) is 0.0833. The molecule has 0 bridgehead atoms. The number of benzene rings is 2. The fourth-order valence-electron chi connectivity index (χ4n) is 3.55. The summed E-state index contributed by atoms with van der Waals surface area (Å²) in [4.78, 5) is 35.5. The van der Waals surface area contributed by atoms with Gasteiger partial charge >= 0.3 is 0 Å². The molecule has 3 aromatic heterocycles. The number of rotatable bonds is 5. The van der Waals surface area contributed by atoms with Gasteiger partial charge in [0.2, 0.25) is 0 Å². The molecule has 0 aliphatic carbocycles. The number of amides is 1. The third-order valence-electron chi connectivity index (χ3n) is 5.12. The molecule has 2 aromatic carbocycles. The quantitative estimate of drug-likeness (QED) is 0.445. The van der Waals surface area contributed by atoms with Crippen LogP contribution in [-0.4, -0.2) is 37.6 Å². The van der Waals surface area contributed by atoms with Gasteiger partial charge in [-0.1, -0.05) is 36.4 Å². The van der Waals surface area contributed by atoms with E-state index in [1.165, 1.54) is 16.2 Å². The number of thiophene rings is 1. The number of nitrogens with zero attached hydrogens (tertiary/aromatic N) is 4. The van der Waals surface area contributed by atoms with Gasteiger partial charge in [-0.15, -0.1) is 11.3 Å². The second-order valence-corrected chi connectivity index (χ2v) is 8.29. The molecule has 0 radical (unpaired) electrons. The van der Waals surface area contributed by atoms with E-state index in [9.17, 15) is 9.59 Å². The molecule has 32 heavy (non-hydrogen) atoms. The number of hydrogen-bond acceptors (Lipinski definition) is 5. The van der Waals surface area contributed by atoms with Crippen molar-refractivity contribution in [2.24, 2.45) is 0 Å². The third-order valence-corrected chi connectivity index (χ3v) is 5.99. The van der Waals surface area contributed by atoms with Crippen molar-refractivity contribution in [3.8, 4) is 16.3 Å². The Morgan fingerprint density at radius 2 is 1.84 bits per heavy atom. The Hall–Kier alpha value is -4.04. The molecular formula is C24H19N5O2S. The zero-order valence-electron chi connectivity index (χ0n) is 17.2. The van der Waals surface area contributed by atoms with Crippen molar-refractivity contribution in [2.45, 2.75) is 6.54 Å². The SMILES string of the molecule is CN(Cc1nc2ccccc2c(=O)[nH]1)C(=O)c1cn(-c2ccccc2)nc1-c1cccs1. The van der Waals surface area contributed by atoms with Gasteiger partial charge in [0.25, 0.3) is 11.5 Å². The maximum atomic E-state index is 13.4. The topological polar surface area (TPSA) is 83.9 Å². The molecule has 0 spiro atoms. The second-order valence-electron chi connectivity index (χ2n) is 7.34. The van der Waals surface area contributed by atoms with Gasteiger partial charge in [-0.2, -0.15) is 5.10 Å². The van der Waals surface area contributed by atoms with E-state index in [1.54, 1.807) is 36.1 Å². The predicted octanol–water partition coefficient (Wildman–Crippen LogP) is 4.11. The van der Waals surface area contributed by atoms with E-state index >= 15 is 0 Å². The van der Waals surface area contributed by atoms with Crippen LogP contribution < -0.4 is 5.56 Å². The highest BCUT2D eigenvalue weighted by Gasteiger charge is 2.23. The average molecular weight is 442 g/mol. The molecule has 0 atom stereocenters. The van der Waals surface area contributed by atoms with Crippen LogP contribution in [0.25, 0.3) is 27.2 Å². The van der Waals surface area contributed by atoms with Crippen LogP contribution in [0.1, 0.15) is 16.2 Å². The highest BCUT2D eigenvalue weighted by molar-refractivity contribution is 7.13. The van der Waals surface area contributed by atoms with Crippen molar-refractivity contribution < 1.29 is 4.79 Å². The minimum absolute atomic E-state index is 0.166. The monoisotopic (exact) mass is 441 g/mol. The summed E-state index contributed by atoms with van der Waals surface area (Å²) in [5.41, 5.74) is 2.36. The van der Waals surface area contributed by atoms with Gasteiger partial charge in [0, 0.05) is 13.2 Å². The van der Waals surface area contributed by atoms with Crippen LogP contribution >= 0.6 is 11.3 Å². The summed E-state index contributed by atoms with van der Waals surface area (Å²) < 4.78 is 1.71. The molecule has 8 heteroatoms. The minimum Gasteiger partial charge on any atom is -0.334 e. The maximum absolute atomic E-state index is 13.4. The summed E-state index contributed by atoms with van der Waals surface area (Å²) in [6.07, 6.45) is 1.75. The molecule has 0 aliphatic rings. The van der Waals surface area contributed by atoms with Crippen molar-refractivity contribution in [1.82, 2.24) is 24.6 Å². The van der Waals surface area contributed by atoms with Gasteiger partial charge in [0.1, 0.15) is 11.5 Å². The molecule has 0 saturated heterocycles. The Morgan fingerprint density at radius 1 is 1.06 bits per heavy atom. The number of H-pyrrole nitrogens is 1. The van der Waals surface area contributed by atoms with Crippen LogP contribution in [0, 0.1) is 0 Å². The van der Waals surface area contributed by atoms with E-state index in [-0.39, 0.29) is 18.0 Å². The van der Waals surface area contributed by atoms with Gasteiger partial charge < -0.3 is 9.88 Å². The van der Waals surface area contributed by atoms with Gasteiger partial charge in [0.05, 0.1) is 33.6 Å². The lowest BCUT2D eigenvalue weighted by Gasteiger charge is -2.16. The van der Waals surface area contributed by atoms with Crippen molar-refractivity contribution in [3.05, 3.63) is 100 Å². The molecule has 0 aliphatic heterocycles. The zero-order chi connectivity index (χ0) is 22.1. The van der Waals surface area contributed by atoms with Gasteiger partial charge in [-0.25, -0.2) is 9.67 Å². The van der Waals surface area contributed by atoms with Crippen LogP contribution in [0.2, 0.25) is 0 Å². The first-order valence-electron chi connectivity index (χ1n) is 10.0. The smallest absolute Gasteiger partial charge is 0.258 e. The van der Waals surface area contributed by atoms with Crippen LogP contribution in [0.4, 0.5) is 0 Å². The molecule has 5 rings (SSSR count). The Kier molecular flexibility index (Phi) is 5.12. The lowest BCUT2D eigenvalue weighted by molar-refractivity contribution is 0.0782. The largest absolute Gasteiger partial charge is 0.334 e. The standard InChI is InChI=1S/C24H19N5O2S/c1-28(15-21-25-19-11-6-5-10-17(19)23(30)26-21)24(31)18-14-29(16-8-3-2-4-9-16)27-22(18)20-12-7-13-32-20/h2-14H,15H2,1H3,(H,25,26,30). The molecule has 0 saturated carbocycles. The Balaban J connectivity index is 1.49. The number of nitrogens with one attached hydrogen (secondary N) is 1. The summed E-state index contributed by atoms with van der Waals surface area (Å²) in [5, 5.41) is 7.17. The van der Waals surface area contributed by atoms with Gasteiger partial charge in [-0.05, 0) is 35.7 Å². The van der Waals surface area contributed by atoms with E-state index in [1.807, 2.05) is 53.9 Å². The van der Waals surface area contributed by atoms with Crippen molar-refractivity contribution in [1.29, 1.82) is 0 Å². The van der Waals surface area contributed by atoms with E-state index in [2.05, 4.69) is 9.97 Å². The summed E-state index contributed by atoms with van der Waals surface area (Å²) in [7, 11) is 1.69. The summed E-state index contributed by atoms with van der Waals surface area (Å²) >= 11 is 1.53. The lowest BCUT2D eigenvalue weighted by Crippen LogP contribution is -2.28. The molecule has 0 fully saturated rings. The van der Waals surface area contributed by atoms with Crippen LogP contribution in [0.5, 0.6) is 0 Å². The number of fused-ring (bicyclic) bond motifs is 1. The highest BCUT2D eigenvalue weighted by atomic mass is 32.1. The van der Waals surface area contributed by atoms with Crippen LogP contribution in [0.3, 0.4) is 0 Å². The van der Waals surface area contributed by atoms with E-state index in [0.717, 1.165) is 10.6 Å². The molecule has 1 amide bonds. The number of para-hydroxylation sites is 2. The van der Waals surface area contributed by atoms with E-state index in [4.69, 9.17) is 5.10 Å². The first-order chi connectivity index (χ1) is 15.6. The van der Waals surface area contributed by atoms with Crippen molar-refractivity contribution in [2.75, 3.05) is 7.05 Å². The highest BCUT2D eigenvalue weighted by Crippen LogP contribution is 2.28.